The minimum Gasteiger partial charge on any atom is -0.326 e. The van der Waals surface area contributed by atoms with E-state index >= 15 is 0 Å². The number of benzene rings is 1. The molecule has 0 radical (unpaired) electrons. The van der Waals surface area contributed by atoms with Gasteiger partial charge in [-0.15, -0.1) is 0 Å². The van der Waals surface area contributed by atoms with Crippen molar-refractivity contribution in [2.75, 3.05) is 18.4 Å². The molecule has 1 aliphatic rings. The monoisotopic (exact) mass is 260 g/mol. The van der Waals surface area contributed by atoms with Crippen molar-refractivity contribution >= 4 is 11.6 Å². The van der Waals surface area contributed by atoms with E-state index < -0.39 is 0 Å². The van der Waals surface area contributed by atoms with Gasteiger partial charge in [-0.1, -0.05) is 25.5 Å². The Hall–Kier alpha value is -1.35. The van der Waals surface area contributed by atoms with Crippen molar-refractivity contribution in [1.29, 1.82) is 0 Å². The number of carbonyl (C=O) groups is 1. The zero-order valence-electron chi connectivity index (χ0n) is 12.0. The number of hydrogen-bond acceptors (Lipinski definition) is 2. The molecule has 3 heteroatoms. The van der Waals surface area contributed by atoms with Gasteiger partial charge >= 0.3 is 0 Å². The van der Waals surface area contributed by atoms with Crippen LogP contribution in [0, 0.1) is 12.3 Å². The van der Waals surface area contributed by atoms with Gasteiger partial charge < -0.3 is 10.6 Å². The maximum absolute atomic E-state index is 12.6. The molecule has 1 amide bonds. The van der Waals surface area contributed by atoms with Crippen LogP contribution in [0.2, 0.25) is 0 Å². The maximum atomic E-state index is 12.6. The number of amides is 1. The van der Waals surface area contributed by atoms with Gasteiger partial charge in [0, 0.05) is 12.2 Å². The van der Waals surface area contributed by atoms with Gasteiger partial charge in [0.05, 0.1) is 5.41 Å². The molecular formula is C16H24N2O. The Morgan fingerprint density at radius 1 is 1.47 bits per heavy atom. The highest BCUT2D eigenvalue weighted by Gasteiger charge is 2.38. The molecule has 104 valence electrons. The molecule has 0 aromatic heterocycles. The molecule has 0 spiro atoms. The molecule has 3 nitrogen and oxygen atoms in total. The molecule has 2 rings (SSSR count). The van der Waals surface area contributed by atoms with Crippen molar-refractivity contribution < 1.29 is 4.79 Å². The van der Waals surface area contributed by atoms with Crippen molar-refractivity contribution in [3.8, 4) is 0 Å². The molecule has 0 aliphatic carbocycles. The predicted octanol–water partition coefficient (Wildman–Crippen LogP) is 3.10. The third-order valence-corrected chi connectivity index (χ3v) is 3.96. The minimum absolute atomic E-state index is 0.173. The fourth-order valence-electron chi connectivity index (χ4n) is 2.95. The topological polar surface area (TPSA) is 41.1 Å². The van der Waals surface area contributed by atoms with E-state index in [0.29, 0.717) is 0 Å². The van der Waals surface area contributed by atoms with Crippen LogP contribution in [-0.2, 0) is 4.79 Å². The molecule has 1 fully saturated rings. The summed E-state index contributed by atoms with van der Waals surface area (Å²) in [4.78, 5) is 12.6. The number of carbonyl (C=O) groups excluding carboxylic acids is 1. The van der Waals surface area contributed by atoms with Gasteiger partial charge in [0.25, 0.3) is 0 Å². The lowest BCUT2D eigenvalue weighted by Gasteiger charge is -2.36. The summed E-state index contributed by atoms with van der Waals surface area (Å²) in [6.45, 7) is 6.03. The molecule has 1 aromatic carbocycles. The van der Waals surface area contributed by atoms with Gasteiger partial charge in [-0.2, -0.15) is 0 Å². The average Bonchev–Trinajstić information content (AvgIpc) is 2.40. The first-order chi connectivity index (χ1) is 9.16. The first-order valence-corrected chi connectivity index (χ1v) is 7.25. The molecule has 1 saturated heterocycles. The molecule has 1 unspecified atom stereocenters. The van der Waals surface area contributed by atoms with Crippen LogP contribution in [0.5, 0.6) is 0 Å². The van der Waals surface area contributed by atoms with Gasteiger partial charge in [0.1, 0.15) is 0 Å². The smallest absolute Gasteiger partial charge is 0.231 e. The molecular weight excluding hydrogens is 236 g/mol. The maximum Gasteiger partial charge on any atom is 0.231 e. The second-order valence-corrected chi connectivity index (χ2v) is 5.63. The standard InChI is InChI=1S/C16H24N2O/c1-3-8-16(9-5-10-17-12-16)15(19)18-14-7-4-6-13(2)11-14/h4,6-7,11,17H,3,5,8-10,12H2,1-2H3,(H,18,19). The number of anilines is 1. The van der Waals surface area contributed by atoms with Crippen molar-refractivity contribution in [3.05, 3.63) is 29.8 Å². The molecule has 1 aromatic rings. The Morgan fingerprint density at radius 2 is 2.32 bits per heavy atom. The summed E-state index contributed by atoms with van der Waals surface area (Å²) in [6.07, 6.45) is 4.08. The average molecular weight is 260 g/mol. The minimum atomic E-state index is -0.225. The van der Waals surface area contributed by atoms with Gasteiger partial charge in [-0.3, -0.25) is 4.79 Å². The Kier molecular flexibility index (Phi) is 4.59. The third-order valence-electron chi connectivity index (χ3n) is 3.96. The van der Waals surface area contributed by atoms with Crippen molar-refractivity contribution in [2.45, 2.75) is 39.5 Å². The number of nitrogens with one attached hydrogen (secondary N) is 2. The number of hydrogen-bond donors (Lipinski definition) is 2. The van der Waals surface area contributed by atoms with Crippen LogP contribution in [0.4, 0.5) is 5.69 Å². The first-order valence-electron chi connectivity index (χ1n) is 7.25. The predicted molar refractivity (Wildman–Crippen MR) is 79.3 cm³/mol. The molecule has 1 atom stereocenters. The Morgan fingerprint density at radius 3 is 2.95 bits per heavy atom. The molecule has 1 aliphatic heterocycles. The fraction of sp³-hybridized carbons (Fsp3) is 0.562. The highest BCUT2D eigenvalue weighted by atomic mass is 16.2. The van der Waals surface area contributed by atoms with Crippen molar-refractivity contribution in [3.63, 3.8) is 0 Å². The summed E-state index contributed by atoms with van der Waals surface area (Å²) in [5.41, 5.74) is 1.85. The van der Waals surface area contributed by atoms with Crippen LogP contribution in [0.1, 0.15) is 38.2 Å². The molecule has 19 heavy (non-hydrogen) atoms. The second-order valence-electron chi connectivity index (χ2n) is 5.63. The molecule has 2 N–H and O–H groups in total. The SMILES string of the molecule is CCCC1(C(=O)Nc2cccc(C)c2)CCCNC1. The zero-order chi connectivity index (χ0) is 13.7. The van der Waals surface area contributed by atoms with Crippen molar-refractivity contribution in [1.82, 2.24) is 5.32 Å². The molecule has 0 saturated carbocycles. The van der Waals surface area contributed by atoms with Crippen LogP contribution in [0.25, 0.3) is 0 Å². The second kappa shape index (κ2) is 6.20. The van der Waals surface area contributed by atoms with Gasteiger partial charge in [0.15, 0.2) is 0 Å². The van der Waals surface area contributed by atoms with Crippen LogP contribution in [0.15, 0.2) is 24.3 Å². The number of piperidine rings is 1. The molecule has 0 bridgehead atoms. The highest BCUT2D eigenvalue weighted by Crippen LogP contribution is 2.33. The summed E-state index contributed by atoms with van der Waals surface area (Å²) in [5, 5.41) is 6.48. The van der Waals surface area contributed by atoms with Crippen LogP contribution < -0.4 is 10.6 Å². The first kappa shape index (κ1) is 14.1. The van der Waals surface area contributed by atoms with Crippen LogP contribution >= 0.6 is 0 Å². The summed E-state index contributed by atoms with van der Waals surface area (Å²) in [6, 6.07) is 8.00. The lowest BCUT2D eigenvalue weighted by Crippen LogP contribution is -2.48. The van der Waals surface area contributed by atoms with Crippen molar-refractivity contribution in [2.24, 2.45) is 5.41 Å². The fourth-order valence-corrected chi connectivity index (χ4v) is 2.95. The van der Waals surface area contributed by atoms with E-state index in [9.17, 15) is 4.79 Å². The van der Waals surface area contributed by atoms with E-state index in [4.69, 9.17) is 0 Å². The number of aryl methyl sites for hydroxylation is 1. The quantitative estimate of drug-likeness (QED) is 0.873. The van der Waals surface area contributed by atoms with E-state index in [1.54, 1.807) is 0 Å². The Bertz CT molecular complexity index is 431. The lowest BCUT2D eigenvalue weighted by molar-refractivity contribution is -0.127. The van der Waals surface area contributed by atoms with Gasteiger partial charge in [-0.25, -0.2) is 0 Å². The van der Waals surface area contributed by atoms with E-state index in [2.05, 4.69) is 17.6 Å². The summed E-state index contributed by atoms with van der Waals surface area (Å²) >= 11 is 0. The lowest BCUT2D eigenvalue weighted by atomic mass is 9.76. The largest absolute Gasteiger partial charge is 0.326 e. The third kappa shape index (κ3) is 3.35. The normalized spacial score (nSPS) is 23.1. The Balaban J connectivity index is 2.11. The van der Waals surface area contributed by atoms with Gasteiger partial charge in [-0.05, 0) is 50.4 Å². The van der Waals surface area contributed by atoms with E-state index in [1.165, 1.54) is 5.56 Å². The summed E-state index contributed by atoms with van der Waals surface area (Å²) in [7, 11) is 0. The van der Waals surface area contributed by atoms with E-state index in [0.717, 1.165) is 44.5 Å². The Labute approximate surface area is 115 Å². The van der Waals surface area contributed by atoms with E-state index in [-0.39, 0.29) is 11.3 Å². The summed E-state index contributed by atoms with van der Waals surface area (Å²) < 4.78 is 0. The highest BCUT2D eigenvalue weighted by molar-refractivity contribution is 5.95. The number of rotatable bonds is 4. The van der Waals surface area contributed by atoms with Crippen LogP contribution in [-0.4, -0.2) is 19.0 Å². The van der Waals surface area contributed by atoms with Crippen LogP contribution in [0.3, 0.4) is 0 Å². The summed E-state index contributed by atoms with van der Waals surface area (Å²) in [5.74, 6) is 0.173. The molecule has 1 heterocycles. The zero-order valence-corrected chi connectivity index (χ0v) is 12.0. The van der Waals surface area contributed by atoms with Gasteiger partial charge in [0.2, 0.25) is 5.91 Å². The van der Waals surface area contributed by atoms with E-state index in [1.807, 2.05) is 31.2 Å².